The van der Waals surface area contributed by atoms with E-state index in [-0.39, 0.29) is 30.5 Å². The summed E-state index contributed by atoms with van der Waals surface area (Å²) in [5, 5.41) is 19.6. The molecule has 4 atom stereocenters. The number of fused-ring (bicyclic) bond motifs is 3. The van der Waals surface area contributed by atoms with Gasteiger partial charge in [0.2, 0.25) is 0 Å². The van der Waals surface area contributed by atoms with E-state index in [1.54, 1.807) is 0 Å². The van der Waals surface area contributed by atoms with Crippen molar-refractivity contribution < 1.29 is 24.5 Å². The fourth-order valence-electron chi connectivity index (χ4n) is 3.75. The summed E-state index contributed by atoms with van der Waals surface area (Å²) in [4.78, 5) is 11.2. The Morgan fingerprint density at radius 2 is 2.27 bits per heavy atom. The largest absolute Gasteiger partial charge is 0.489 e. The second-order valence-electron chi connectivity index (χ2n) is 6.10. The van der Waals surface area contributed by atoms with Crippen molar-refractivity contribution in [3.63, 3.8) is 0 Å². The SMILES string of the molecule is COC(=O)CCCc1cccc2c1OC1C[C@@H](O)C(CO)C21. The molecule has 1 saturated carbocycles. The first-order valence-corrected chi connectivity index (χ1v) is 7.80. The fraction of sp³-hybridized carbons (Fsp3) is 0.588. The molecule has 2 aliphatic rings. The Bertz CT molecular complexity index is 556. The molecule has 1 aliphatic heterocycles. The van der Waals surface area contributed by atoms with Gasteiger partial charge in [-0.2, -0.15) is 0 Å². The Balaban J connectivity index is 1.76. The Hall–Kier alpha value is -1.59. The molecule has 0 amide bonds. The number of hydrogen-bond acceptors (Lipinski definition) is 5. The summed E-state index contributed by atoms with van der Waals surface area (Å²) in [5.74, 6) is 0.591. The van der Waals surface area contributed by atoms with Gasteiger partial charge in [-0.05, 0) is 18.4 Å². The van der Waals surface area contributed by atoms with E-state index in [0.29, 0.717) is 19.3 Å². The van der Waals surface area contributed by atoms with Crippen molar-refractivity contribution in [3.8, 4) is 5.75 Å². The van der Waals surface area contributed by atoms with E-state index in [1.165, 1.54) is 7.11 Å². The van der Waals surface area contributed by atoms with Crippen molar-refractivity contribution in [3.05, 3.63) is 29.3 Å². The number of carbonyl (C=O) groups is 1. The number of aliphatic hydroxyl groups is 2. The quantitative estimate of drug-likeness (QED) is 0.804. The standard InChI is InChI=1S/C17H22O5/c1-21-15(20)7-3-5-10-4-2-6-11-16-12(9-18)13(19)8-14(16)22-17(10)11/h2,4,6,12-14,16,18-19H,3,5,7-9H2,1H3/t12?,13-,14?,16?/m1/s1. The topological polar surface area (TPSA) is 76.0 Å². The van der Waals surface area contributed by atoms with Crippen LogP contribution >= 0.6 is 0 Å². The maximum absolute atomic E-state index is 11.2. The van der Waals surface area contributed by atoms with Gasteiger partial charge >= 0.3 is 5.97 Å². The Morgan fingerprint density at radius 1 is 1.45 bits per heavy atom. The average molecular weight is 306 g/mol. The molecule has 3 unspecified atom stereocenters. The number of rotatable bonds is 5. The third-order valence-electron chi connectivity index (χ3n) is 4.85. The van der Waals surface area contributed by atoms with Gasteiger partial charge in [-0.25, -0.2) is 0 Å². The summed E-state index contributed by atoms with van der Waals surface area (Å²) in [5.41, 5.74) is 2.16. The molecule has 0 saturated heterocycles. The lowest BCUT2D eigenvalue weighted by Crippen LogP contribution is -2.22. The van der Waals surface area contributed by atoms with E-state index in [1.807, 2.05) is 18.2 Å². The van der Waals surface area contributed by atoms with Crippen molar-refractivity contribution in [1.82, 2.24) is 0 Å². The highest BCUT2D eigenvalue weighted by Crippen LogP contribution is 2.51. The van der Waals surface area contributed by atoms with E-state index in [0.717, 1.165) is 23.3 Å². The minimum atomic E-state index is -0.504. The molecule has 1 fully saturated rings. The number of para-hydroxylation sites is 1. The highest BCUT2D eigenvalue weighted by Gasteiger charge is 2.49. The normalized spacial score (nSPS) is 28.9. The molecular formula is C17H22O5. The lowest BCUT2D eigenvalue weighted by atomic mass is 9.87. The van der Waals surface area contributed by atoms with Gasteiger partial charge in [0.25, 0.3) is 0 Å². The summed E-state index contributed by atoms with van der Waals surface area (Å²) >= 11 is 0. The molecule has 0 aromatic heterocycles. The molecular weight excluding hydrogens is 284 g/mol. The van der Waals surface area contributed by atoms with Crippen molar-refractivity contribution in [2.24, 2.45) is 5.92 Å². The van der Waals surface area contributed by atoms with Crippen molar-refractivity contribution in [2.75, 3.05) is 13.7 Å². The van der Waals surface area contributed by atoms with E-state index in [2.05, 4.69) is 4.74 Å². The van der Waals surface area contributed by atoms with Crippen LogP contribution in [-0.2, 0) is 16.0 Å². The van der Waals surface area contributed by atoms with Crippen LogP contribution in [0, 0.1) is 5.92 Å². The highest BCUT2D eigenvalue weighted by atomic mass is 16.5. The first kappa shape index (κ1) is 15.3. The first-order valence-electron chi connectivity index (χ1n) is 7.80. The zero-order valence-corrected chi connectivity index (χ0v) is 12.7. The lowest BCUT2D eigenvalue weighted by Gasteiger charge is -2.18. The fourth-order valence-corrected chi connectivity index (χ4v) is 3.75. The van der Waals surface area contributed by atoms with Crippen LogP contribution in [0.4, 0.5) is 0 Å². The zero-order valence-electron chi connectivity index (χ0n) is 12.7. The average Bonchev–Trinajstić information content (AvgIpc) is 3.02. The van der Waals surface area contributed by atoms with Crippen LogP contribution < -0.4 is 4.74 Å². The minimum Gasteiger partial charge on any atom is -0.489 e. The molecule has 5 nitrogen and oxygen atoms in total. The van der Waals surface area contributed by atoms with E-state index >= 15 is 0 Å². The van der Waals surface area contributed by atoms with Crippen LogP contribution in [0.3, 0.4) is 0 Å². The molecule has 120 valence electrons. The van der Waals surface area contributed by atoms with Crippen LogP contribution in [0.5, 0.6) is 5.75 Å². The van der Waals surface area contributed by atoms with E-state index < -0.39 is 6.10 Å². The molecule has 1 aromatic carbocycles. The molecule has 5 heteroatoms. The Labute approximate surface area is 129 Å². The number of carbonyl (C=O) groups excluding carboxylic acids is 1. The third-order valence-corrected chi connectivity index (χ3v) is 4.85. The first-order chi connectivity index (χ1) is 10.7. The maximum Gasteiger partial charge on any atom is 0.305 e. The Kier molecular flexibility index (Phi) is 4.36. The molecule has 1 heterocycles. The maximum atomic E-state index is 11.2. The second kappa shape index (κ2) is 6.26. The molecule has 1 aromatic rings. The second-order valence-corrected chi connectivity index (χ2v) is 6.10. The van der Waals surface area contributed by atoms with Gasteiger partial charge in [-0.15, -0.1) is 0 Å². The number of hydrogen-bond donors (Lipinski definition) is 2. The van der Waals surface area contributed by atoms with Gasteiger partial charge in [0, 0.05) is 36.8 Å². The Morgan fingerprint density at radius 3 is 3.00 bits per heavy atom. The highest BCUT2D eigenvalue weighted by molar-refractivity contribution is 5.69. The van der Waals surface area contributed by atoms with Gasteiger partial charge in [0.15, 0.2) is 0 Å². The number of ether oxygens (including phenoxy) is 2. The van der Waals surface area contributed by atoms with Gasteiger partial charge in [-0.1, -0.05) is 18.2 Å². The summed E-state index contributed by atoms with van der Waals surface area (Å²) in [7, 11) is 1.40. The van der Waals surface area contributed by atoms with Crippen molar-refractivity contribution in [2.45, 2.75) is 43.8 Å². The van der Waals surface area contributed by atoms with Crippen LogP contribution in [0.15, 0.2) is 18.2 Å². The number of esters is 1. The number of benzene rings is 1. The summed E-state index contributed by atoms with van der Waals surface area (Å²) in [6, 6.07) is 6.02. The molecule has 2 N–H and O–H groups in total. The van der Waals surface area contributed by atoms with Gasteiger partial charge < -0.3 is 19.7 Å². The molecule has 1 aliphatic carbocycles. The van der Waals surface area contributed by atoms with E-state index in [4.69, 9.17) is 4.74 Å². The minimum absolute atomic E-state index is 0.0301. The van der Waals surface area contributed by atoms with Crippen molar-refractivity contribution >= 4 is 5.97 Å². The number of methoxy groups -OCH3 is 1. The van der Waals surface area contributed by atoms with Crippen LogP contribution in [0.1, 0.15) is 36.3 Å². The summed E-state index contributed by atoms with van der Waals surface area (Å²) < 4.78 is 10.7. The van der Waals surface area contributed by atoms with E-state index in [9.17, 15) is 15.0 Å². The molecule has 0 radical (unpaired) electrons. The molecule has 22 heavy (non-hydrogen) atoms. The summed E-state index contributed by atoms with van der Waals surface area (Å²) in [6.07, 6.45) is 1.87. The number of aliphatic hydroxyl groups excluding tert-OH is 2. The third kappa shape index (κ3) is 2.59. The predicted molar refractivity (Wildman–Crippen MR) is 79.8 cm³/mol. The number of aryl methyl sites for hydroxylation is 1. The zero-order chi connectivity index (χ0) is 15.7. The molecule has 0 spiro atoms. The van der Waals surface area contributed by atoms with Gasteiger partial charge in [-0.3, -0.25) is 4.79 Å². The lowest BCUT2D eigenvalue weighted by molar-refractivity contribution is -0.140. The molecule has 3 rings (SSSR count). The van der Waals surface area contributed by atoms with Gasteiger partial charge in [0.05, 0.1) is 13.2 Å². The van der Waals surface area contributed by atoms with Crippen LogP contribution in [-0.4, -0.2) is 42.1 Å². The van der Waals surface area contributed by atoms with Crippen LogP contribution in [0.25, 0.3) is 0 Å². The predicted octanol–water partition coefficient (Wildman–Crippen LogP) is 1.40. The molecule has 0 bridgehead atoms. The monoisotopic (exact) mass is 306 g/mol. The van der Waals surface area contributed by atoms with Crippen LogP contribution in [0.2, 0.25) is 0 Å². The van der Waals surface area contributed by atoms with Gasteiger partial charge in [0.1, 0.15) is 11.9 Å². The van der Waals surface area contributed by atoms with Crippen molar-refractivity contribution in [1.29, 1.82) is 0 Å². The smallest absolute Gasteiger partial charge is 0.305 e. The summed E-state index contributed by atoms with van der Waals surface area (Å²) in [6.45, 7) is -0.0301.